The molecule has 2 N–H and O–H groups in total. The SMILES string of the molecule is CN=C(NCCCCN(C)C(C)C)NCc1ccccc1OCC1CC1. The normalized spacial score (nSPS) is 14.8. The zero-order chi connectivity index (χ0) is 18.8. The summed E-state index contributed by atoms with van der Waals surface area (Å²) in [4.78, 5) is 6.70. The van der Waals surface area contributed by atoms with Crippen LogP contribution < -0.4 is 15.4 Å². The van der Waals surface area contributed by atoms with Gasteiger partial charge in [0, 0.05) is 31.7 Å². The number of hydrogen-bond donors (Lipinski definition) is 2. The van der Waals surface area contributed by atoms with E-state index < -0.39 is 0 Å². The van der Waals surface area contributed by atoms with Gasteiger partial charge in [0.1, 0.15) is 5.75 Å². The zero-order valence-corrected chi connectivity index (χ0v) is 16.9. The smallest absolute Gasteiger partial charge is 0.191 e. The van der Waals surface area contributed by atoms with Crippen LogP contribution in [0, 0.1) is 5.92 Å². The topological polar surface area (TPSA) is 48.9 Å². The Morgan fingerprint density at radius 3 is 2.69 bits per heavy atom. The molecule has 0 saturated heterocycles. The van der Waals surface area contributed by atoms with Crippen molar-refractivity contribution in [3.63, 3.8) is 0 Å². The number of unbranched alkanes of at least 4 members (excludes halogenated alkanes) is 1. The Balaban J connectivity index is 1.68. The van der Waals surface area contributed by atoms with Gasteiger partial charge in [0.15, 0.2) is 5.96 Å². The highest BCUT2D eigenvalue weighted by Crippen LogP contribution is 2.30. The number of benzene rings is 1. The average Bonchev–Trinajstić information content (AvgIpc) is 3.47. The van der Waals surface area contributed by atoms with Crippen molar-refractivity contribution in [3.8, 4) is 5.75 Å². The number of aliphatic imine (C=N–C) groups is 1. The molecule has 0 amide bonds. The fourth-order valence-corrected chi connectivity index (χ4v) is 2.63. The summed E-state index contributed by atoms with van der Waals surface area (Å²) in [5.74, 6) is 2.60. The minimum Gasteiger partial charge on any atom is -0.493 e. The maximum absolute atomic E-state index is 5.98. The highest BCUT2D eigenvalue weighted by Gasteiger charge is 2.22. The maximum Gasteiger partial charge on any atom is 0.191 e. The fraction of sp³-hybridized carbons (Fsp3) is 0.667. The molecule has 0 radical (unpaired) electrons. The van der Waals surface area contributed by atoms with Crippen LogP contribution in [0.2, 0.25) is 0 Å². The Hall–Kier alpha value is -1.75. The fourth-order valence-electron chi connectivity index (χ4n) is 2.63. The number of nitrogens with zero attached hydrogens (tertiary/aromatic N) is 2. The molecule has 0 atom stereocenters. The van der Waals surface area contributed by atoms with Gasteiger partial charge in [-0.1, -0.05) is 18.2 Å². The van der Waals surface area contributed by atoms with Crippen LogP contribution in [0.15, 0.2) is 29.3 Å². The maximum atomic E-state index is 5.98. The molecule has 0 unspecified atom stereocenters. The predicted octanol–water partition coefficient (Wildman–Crippen LogP) is 3.26. The summed E-state index contributed by atoms with van der Waals surface area (Å²) in [6.45, 7) is 8.10. The molecule has 1 fully saturated rings. The summed E-state index contributed by atoms with van der Waals surface area (Å²) in [7, 11) is 4.00. The van der Waals surface area contributed by atoms with Gasteiger partial charge < -0.3 is 20.3 Å². The molecule has 2 rings (SSSR count). The van der Waals surface area contributed by atoms with E-state index in [0.29, 0.717) is 6.04 Å². The lowest BCUT2D eigenvalue weighted by Crippen LogP contribution is -2.37. The van der Waals surface area contributed by atoms with Crippen LogP contribution in [-0.2, 0) is 6.54 Å². The minimum absolute atomic E-state index is 0.611. The van der Waals surface area contributed by atoms with Crippen molar-refractivity contribution in [2.75, 3.05) is 33.8 Å². The van der Waals surface area contributed by atoms with Crippen LogP contribution in [0.1, 0.15) is 45.1 Å². The molecule has 1 saturated carbocycles. The van der Waals surface area contributed by atoms with Gasteiger partial charge >= 0.3 is 0 Å². The summed E-state index contributed by atoms with van der Waals surface area (Å²) < 4.78 is 5.98. The molecule has 1 aromatic carbocycles. The molecule has 0 spiro atoms. The van der Waals surface area contributed by atoms with Gasteiger partial charge in [-0.05, 0) is 65.1 Å². The van der Waals surface area contributed by atoms with Crippen molar-refractivity contribution in [2.45, 2.75) is 52.1 Å². The molecule has 0 heterocycles. The lowest BCUT2D eigenvalue weighted by Gasteiger charge is -2.20. The number of guanidine groups is 1. The molecular weight excluding hydrogens is 324 g/mol. The van der Waals surface area contributed by atoms with Gasteiger partial charge in [-0.25, -0.2) is 0 Å². The highest BCUT2D eigenvalue weighted by molar-refractivity contribution is 5.79. The van der Waals surface area contributed by atoms with Crippen molar-refractivity contribution >= 4 is 5.96 Å². The van der Waals surface area contributed by atoms with E-state index in [-0.39, 0.29) is 0 Å². The van der Waals surface area contributed by atoms with E-state index in [4.69, 9.17) is 4.74 Å². The first-order valence-corrected chi connectivity index (χ1v) is 9.95. The second-order valence-corrected chi connectivity index (χ2v) is 7.50. The van der Waals surface area contributed by atoms with Gasteiger partial charge in [-0.15, -0.1) is 0 Å². The lowest BCUT2D eigenvalue weighted by molar-refractivity contribution is 0.268. The highest BCUT2D eigenvalue weighted by atomic mass is 16.5. The third kappa shape index (κ3) is 7.65. The Bertz CT molecular complexity index is 555. The van der Waals surface area contributed by atoms with Crippen molar-refractivity contribution in [3.05, 3.63) is 29.8 Å². The second kappa shape index (κ2) is 11.1. The van der Waals surface area contributed by atoms with Crippen LogP contribution in [0.25, 0.3) is 0 Å². The first-order valence-electron chi connectivity index (χ1n) is 9.95. The Morgan fingerprint density at radius 2 is 2.00 bits per heavy atom. The summed E-state index contributed by atoms with van der Waals surface area (Å²) in [5.41, 5.74) is 1.18. The Labute approximate surface area is 159 Å². The standard InChI is InChI=1S/C21H36N4O/c1-17(2)25(4)14-8-7-13-23-21(22-3)24-15-19-9-5-6-10-20(19)26-16-18-11-12-18/h5-6,9-10,17-18H,7-8,11-16H2,1-4H3,(H2,22,23,24). The van der Waals surface area contributed by atoms with E-state index in [1.165, 1.54) is 24.8 Å². The number of ether oxygens (including phenoxy) is 1. The molecule has 26 heavy (non-hydrogen) atoms. The second-order valence-electron chi connectivity index (χ2n) is 7.50. The predicted molar refractivity (Wildman–Crippen MR) is 110 cm³/mol. The summed E-state index contributed by atoms with van der Waals surface area (Å²) >= 11 is 0. The van der Waals surface area contributed by atoms with Crippen molar-refractivity contribution in [2.24, 2.45) is 10.9 Å². The van der Waals surface area contributed by atoms with Crippen LogP contribution >= 0.6 is 0 Å². The van der Waals surface area contributed by atoms with Gasteiger partial charge in [0.2, 0.25) is 0 Å². The first kappa shape index (κ1) is 20.6. The summed E-state index contributed by atoms with van der Waals surface area (Å²) in [6, 6.07) is 8.88. The van der Waals surface area contributed by atoms with E-state index in [1.807, 2.05) is 13.1 Å². The average molecular weight is 361 g/mol. The Morgan fingerprint density at radius 1 is 1.23 bits per heavy atom. The van der Waals surface area contributed by atoms with Crippen LogP contribution in [0.5, 0.6) is 5.75 Å². The van der Waals surface area contributed by atoms with E-state index in [9.17, 15) is 0 Å². The van der Waals surface area contributed by atoms with Gasteiger partial charge in [-0.3, -0.25) is 4.99 Å². The van der Waals surface area contributed by atoms with Crippen molar-refractivity contribution < 1.29 is 4.74 Å². The zero-order valence-electron chi connectivity index (χ0n) is 16.9. The quantitative estimate of drug-likeness (QED) is 0.361. The largest absolute Gasteiger partial charge is 0.493 e. The van der Waals surface area contributed by atoms with Gasteiger partial charge in [0.25, 0.3) is 0 Å². The van der Waals surface area contributed by atoms with Crippen molar-refractivity contribution in [1.82, 2.24) is 15.5 Å². The molecule has 146 valence electrons. The minimum atomic E-state index is 0.611. The van der Waals surface area contributed by atoms with E-state index in [1.54, 1.807) is 0 Å². The molecule has 1 aromatic rings. The third-order valence-corrected chi connectivity index (χ3v) is 4.93. The summed E-state index contributed by atoms with van der Waals surface area (Å²) in [5, 5.41) is 6.80. The van der Waals surface area contributed by atoms with E-state index >= 15 is 0 Å². The molecule has 5 heteroatoms. The molecule has 0 aliphatic heterocycles. The summed E-state index contributed by atoms with van der Waals surface area (Å²) in [6.07, 6.45) is 4.95. The molecule has 0 aromatic heterocycles. The van der Waals surface area contributed by atoms with E-state index in [2.05, 4.69) is 59.6 Å². The van der Waals surface area contributed by atoms with Crippen LogP contribution in [0.4, 0.5) is 0 Å². The van der Waals surface area contributed by atoms with Crippen LogP contribution in [-0.4, -0.2) is 50.7 Å². The van der Waals surface area contributed by atoms with Crippen LogP contribution in [0.3, 0.4) is 0 Å². The number of hydrogen-bond acceptors (Lipinski definition) is 3. The molecular formula is C21H36N4O. The Kier molecular flexibility index (Phi) is 8.75. The molecule has 5 nitrogen and oxygen atoms in total. The third-order valence-electron chi connectivity index (χ3n) is 4.93. The van der Waals surface area contributed by atoms with Gasteiger partial charge in [0.05, 0.1) is 6.61 Å². The first-order chi connectivity index (χ1) is 12.6. The molecule has 1 aliphatic carbocycles. The number of nitrogens with one attached hydrogen (secondary N) is 2. The van der Waals surface area contributed by atoms with Gasteiger partial charge in [-0.2, -0.15) is 0 Å². The lowest BCUT2D eigenvalue weighted by atomic mass is 10.2. The van der Waals surface area contributed by atoms with E-state index in [0.717, 1.165) is 50.3 Å². The van der Waals surface area contributed by atoms with Crippen molar-refractivity contribution in [1.29, 1.82) is 0 Å². The number of rotatable bonds is 11. The monoisotopic (exact) mass is 360 g/mol. The molecule has 1 aliphatic rings. The number of para-hydroxylation sites is 1. The molecule has 0 bridgehead atoms.